The van der Waals surface area contributed by atoms with Gasteiger partial charge in [-0.3, -0.25) is 14.6 Å². The van der Waals surface area contributed by atoms with Crippen molar-refractivity contribution in [1.29, 1.82) is 0 Å². The minimum atomic E-state index is -1.30. The second-order valence-corrected chi connectivity index (χ2v) is 11.7. The molecule has 5 aliphatic heterocycles. The van der Waals surface area contributed by atoms with Gasteiger partial charge in [-0.1, -0.05) is 12.2 Å². The van der Waals surface area contributed by atoms with Crippen LogP contribution in [0.2, 0.25) is 0 Å². The number of carbonyl (C=O) groups excluding carboxylic acids is 2. The Balaban J connectivity index is 1.17. The van der Waals surface area contributed by atoms with Crippen LogP contribution in [0.4, 0.5) is 0 Å². The molecule has 6 aliphatic rings. The van der Waals surface area contributed by atoms with Crippen molar-refractivity contribution >= 4 is 11.9 Å². The van der Waals surface area contributed by atoms with Crippen molar-refractivity contribution in [2.75, 3.05) is 59.7 Å². The number of esters is 2. The third-order valence-electron chi connectivity index (χ3n) is 9.50. The average molecular weight is 552 g/mol. The first-order valence-corrected chi connectivity index (χ1v) is 14.5. The highest BCUT2D eigenvalue weighted by molar-refractivity contribution is 5.94. The molecule has 7 rings (SSSR count). The zero-order valence-corrected chi connectivity index (χ0v) is 23.0. The van der Waals surface area contributed by atoms with Crippen LogP contribution in [0.3, 0.4) is 0 Å². The topological polar surface area (TPSA) is 98.8 Å². The van der Waals surface area contributed by atoms with Crippen LogP contribution in [-0.2, 0) is 30.2 Å². The normalized spacial score (nSPS) is 32.9. The van der Waals surface area contributed by atoms with E-state index in [2.05, 4.69) is 39.4 Å². The van der Waals surface area contributed by atoms with Gasteiger partial charge in [0.25, 0.3) is 0 Å². The van der Waals surface area contributed by atoms with E-state index in [0.717, 1.165) is 82.1 Å². The lowest BCUT2D eigenvalue weighted by molar-refractivity contribution is -0.210. The van der Waals surface area contributed by atoms with Gasteiger partial charge in [0.1, 0.15) is 5.76 Å². The molecule has 1 aromatic carbocycles. The van der Waals surface area contributed by atoms with Crippen molar-refractivity contribution in [3.8, 4) is 11.5 Å². The maximum absolute atomic E-state index is 13.9. The molecule has 214 valence electrons. The minimum absolute atomic E-state index is 0.0137. The van der Waals surface area contributed by atoms with Gasteiger partial charge in [0.15, 0.2) is 17.6 Å². The summed E-state index contributed by atoms with van der Waals surface area (Å²) >= 11 is 0. The predicted octanol–water partition coefficient (Wildman–Crippen LogP) is 1.88. The van der Waals surface area contributed by atoms with E-state index in [9.17, 15) is 9.59 Å². The van der Waals surface area contributed by atoms with E-state index in [0.29, 0.717) is 12.2 Å². The molecule has 0 unspecified atom stereocenters. The van der Waals surface area contributed by atoms with Gasteiger partial charge in [-0.2, -0.15) is 0 Å². The molecule has 40 heavy (non-hydrogen) atoms. The second-order valence-electron chi connectivity index (χ2n) is 11.7. The molecule has 0 radical (unpaired) electrons. The van der Waals surface area contributed by atoms with Gasteiger partial charge >= 0.3 is 11.9 Å². The summed E-state index contributed by atoms with van der Waals surface area (Å²) in [6, 6.07) is 4.15. The Labute approximate surface area is 234 Å². The quantitative estimate of drug-likeness (QED) is 0.400. The van der Waals surface area contributed by atoms with Gasteiger partial charge < -0.3 is 29.0 Å². The van der Waals surface area contributed by atoms with E-state index in [4.69, 9.17) is 23.7 Å². The lowest BCUT2D eigenvalue weighted by Crippen LogP contribution is -2.56. The summed E-state index contributed by atoms with van der Waals surface area (Å²) in [4.78, 5) is 30.7. The van der Waals surface area contributed by atoms with E-state index in [-0.39, 0.29) is 30.6 Å². The Morgan fingerprint density at radius 3 is 2.73 bits per heavy atom. The minimum Gasteiger partial charge on any atom is -0.497 e. The lowest BCUT2D eigenvalue weighted by atomic mass is 9.77. The third-order valence-corrected chi connectivity index (χ3v) is 9.50. The number of nitrogens with one attached hydrogen (secondary N) is 1. The van der Waals surface area contributed by atoms with Crippen molar-refractivity contribution in [1.82, 2.24) is 15.1 Å². The summed E-state index contributed by atoms with van der Waals surface area (Å²) in [5.74, 6) is 1.06. The fourth-order valence-electron chi connectivity index (χ4n) is 7.46. The summed E-state index contributed by atoms with van der Waals surface area (Å²) < 4.78 is 29.2. The molecule has 0 bridgehead atoms. The number of methoxy groups -OCH3 is 1. The molecular weight excluding hydrogens is 514 g/mol. The Morgan fingerprint density at radius 2 is 1.95 bits per heavy atom. The van der Waals surface area contributed by atoms with Gasteiger partial charge in [-0.15, -0.1) is 0 Å². The molecule has 1 spiro atoms. The maximum atomic E-state index is 13.9. The number of hydrogen-bond donors (Lipinski definition) is 1. The van der Waals surface area contributed by atoms with E-state index in [1.807, 2.05) is 6.08 Å². The summed E-state index contributed by atoms with van der Waals surface area (Å²) in [7, 11) is 1.63. The molecule has 10 heteroatoms. The number of nitrogens with zero attached hydrogens (tertiary/aromatic N) is 2. The lowest BCUT2D eigenvalue weighted by Gasteiger charge is -2.41. The zero-order valence-electron chi connectivity index (χ0n) is 23.0. The number of benzene rings is 1. The first kappa shape index (κ1) is 25.9. The van der Waals surface area contributed by atoms with Crippen LogP contribution in [-0.4, -0.2) is 98.7 Å². The molecule has 1 aliphatic carbocycles. The van der Waals surface area contributed by atoms with Crippen LogP contribution >= 0.6 is 0 Å². The van der Waals surface area contributed by atoms with Crippen molar-refractivity contribution in [3.63, 3.8) is 0 Å². The van der Waals surface area contributed by atoms with E-state index < -0.39 is 17.7 Å². The van der Waals surface area contributed by atoms with Crippen LogP contribution in [0.5, 0.6) is 11.5 Å². The molecule has 0 amide bonds. The van der Waals surface area contributed by atoms with E-state index >= 15 is 0 Å². The average Bonchev–Trinajstić information content (AvgIpc) is 3.64. The number of carbonyl (C=O) groups is 2. The Bertz CT molecular complexity index is 1250. The van der Waals surface area contributed by atoms with Crippen LogP contribution < -0.4 is 14.8 Å². The largest absolute Gasteiger partial charge is 0.497 e. The molecule has 0 saturated carbocycles. The standard InChI is InChI=1S/C30H37N3O7/c1-36-24-17-29-6-4-11-33(29)12-5-20-15-22-23(38-19-37-22)16-21(20)26(29)27(24)39-28(35)30(18-25(34)40-30)7-2-3-10-32-13-8-31-9-14-32/h2-3,15-17,26-27,31H,4-14,18-19H2,1H3/b3-2+/t26-,27-,29+,30-/m1/s1. The van der Waals surface area contributed by atoms with Crippen LogP contribution in [0.25, 0.3) is 0 Å². The number of fused-ring (bicyclic) bond motifs is 3. The SMILES string of the molecule is COC1=C[C@]23CCCN2CCc2cc4c(cc2[C@@H]3[C@@H]1OC(=O)[C@@]1(C/C=C/CN2CCNCC2)CC(=O)O1)OCO4. The third kappa shape index (κ3) is 4.19. The summed E-state index contributed by atoms with van der Waals surface area (Å²) in [5, 5.41) is 3.35. The number of piperazine rings is 1. The molecule has 3 saturated heterocycles. The fourth-order valence-corrected chi connectivity index (χ4v) is 7.46. The van der Waals surface area contributed by atoms with Crippen molar-refractivity contribution in [2.45, 2.75) is 55.3 Å². The molecule has 5 heterocycles. The first-order chi connectivity index (χ1) is 19.5. The molecule has 1 N–H and O–H groups in total. The zero-order chi connectivity index (χ0) is 27.3. The maximum Gasteiger partial charge on any atom is 0.352 e. The Hall–Kier alpha value is -3.08. The van der Waals surface area contributed by atoms with Gasteiger partial charge in [0.2, 0.25) is 12.4 Å². The molecular formula is C30H37N3O7. The number of ether oxygens (including phenoxy) is 5. The Kier molecular flexibility index (Phi) is 6.52. The molecule has 1 aromatic rings. The summed E-state index contributed by atoms with van der Waals surface area (Å²) in [5.41, 5.74) is 0.659. The monoisotopic (exact) mass is 551 g/mol. The second kappa shape index (κ2) is 10.1. The molecule has 4 atom stereocenters. The van der Waals surface area contributed by atoms with Gasteiger partial charge in [0.05, 0.1) is 25.0 Å². The van der Waals surface area contributed by atoms with Crippen molar-refractivity contribution < 1.29 is 33.3 Å². The molecule has 0 aromatic heterocycles. The van der Waals surface area contributed by atoms with Crippen LogP contribution in [0, 0.1) is 0 Å². The molecule has 3 fully saturated rings. The Morgan fingerprint density at radius 1 is 1.15 bits per heavy atom. The molecule has 10 nitrogen and oxygen atoms in total. The van der Waals surface area contributed by atoms with Gasteiger partial charge in [-0.05, 0) is 55.1 Å². The van der Waals surface area contributed by atoms with Gasteiger partial charge in [0, 0.05) is 45.7 Å². The highest BCUT2D eigenvalue weighted by atomic mass is 16.7. The predicted molar refractivity (Wildman–Crippen MR) is 144 cm³/mol. The number of rotatable bonds is 7. The first-order valence-electron chi connectivity index (χ1n) is 14.5. The van der Waals surface area contributed by atoms with E-state index in [1.165, 1.54) is 5.56 Å². The van der Waals surface area contributed by atoms with Crippen molar-refractivity contribution in [2.24, 2.45) is 0 Å². The number of hydrogen-bond acceptors (Lipinski definition) is 10. The summed E-state index contributed by atoms with van der Waals surface area (Å²) in [6.07, 6.45) is 8.72. The number of cyclic esters (lactones) is 1. The van der Waals surface area contributed by atoms with E-state index in [1.54, 1.807) is 7.11 Å². The summed E-state index contributed by atoms with van der Waals surface area (Å²) in [6.45, 7) is 6.81. The van der Waals surface area contributed by atoms with Gasteiger partial charge in [-0.25, -0.2) is 4.79 Å². The smallest absolute Gasteiger partial charge is 0.352 e. The van der Waals surface area contributed by atoms with Crippen LogP contribution in [0.1, 0.15) is 42.7 Å². The van der Waals surface area contributed by atoms with Crippen molar-refractivity contribution in [3.05, 3.63) is 47.2 Å². The highest BCUT2D eigenvalue weighted by Crippen LogP contribution is 2.56. The highest BCUT2D eigenvalue weighted by Gasteiger charge is 2.60. The van der Waals surface area contributed by atoms with Crippen LogP contribution in [0.15, 0.2) is 36.1 Å². The fraction of sp³-hybridized carbons (Fsp3) is 0.600.